The standard InChI is InChI=1S/C21H27ClN4O/c1-14(2)9-20-24-12-16-7-8-26(13-19(16)25-20)21(27)10-17(11-23)15-3-5-18(22)6-4-15/h3-6,12,14,17H,7-11,13,23H2,1-2H3. The van der Waals surface area contributed by atoms with Crippen LogP contribution in [0.3, 0.4) is 0 Å². The predicted octanol–water partition coefficient (Wildman–Crippen LogP) is 3.35. The minimum Gasteiger partial charge on any atom is -0.336 e. The van der Waals surface area contributed by atoms with Crippen LogP contribution in [-0.4, -0.2) is 33.9 Å². The van der Waals surface area contributed by atoms with E-state index in [9.17, 15) is 4.79 Å². The van der Waals surface area contributed by atoms with Crippen LogP contribution in [0.15, 0.2) is 30.5 Å². The van der Waals surface area contributed by atoms with Crippen LogP contribution in [0.4, 0.5) is 0 Å². The second-order valence-electron chi connectivity index (χ2n) is 7.61. The van der Waals surface area contributed by atoms with E-state index in [1.165, 1.54) is 0 Å². The Morgan fingerprint density at radius 1 is 1.30 bits per heavy atom. The Morgan fingerprint density at radius 3 is 2.70 bits per heavy atom. The second kappa shape index (κ2) is 8.81. The van der Waals surface area contributed by atoms with Gasteiger partial charge in [-0.1, -0.05) is 37.6 Å². The fraction of sp³-hybridized carbons (Fsp3) is 0.476. The molecule has 3 rings (SSSR count). The largest absolute Gasteiger partial charge is 0.336 e. The molecule has 144 valence electrons. The Labute approximate surface area is 166 Å². The van der Waals surface area contributed by atoms with Crippen molar-refractivity contribution in [1.29, 1.82) is 0 Å². The summed E-state index contributed by atoms with van der Waals surface area (Å²) in [4.78, 5) is 24.0. The van der Waals surface area contributed by atoms with Gasteiger partial charge in [0.15, 0.2) is 0 Å². The van der Waals surface area contributed by atoms with Gasteiger partial charge in [-0.2, -0.15) is 0 Å². The summed E-state index contributed by atoms with van der Waals surface area (Å²) < 4.78 is 0. The summed E-state index contributed by atoms with van der Waals surface area (Å²) in [7, 11) is 0. The normalized spacial score (nSPS) is 14.9. The summed E-state index contributed by atoms with van der Waals surface area (Å²) in [6.45, 7) is 6.00. The van der Waals surface area contributed by atoms with Crippen LogP contribution in [-0.2, 0) is 24.2 Å². The Bertz CT molecular complexity index is 791. The maximum absolute atomic E-state index is 12.9. The number of amides is 1. The van der Waals surface area contributed by atoms with E-state index in [0.29, 0.717) is 37.0 Å². The number of hydrogen-bond donors (Lipinski definition) is 1. The highest BCUT2D eigenvalue weighted by molar-refractivity contribution is 6.30. The molecule has 1 aromatic carbocycles. The molecule has 1 amide bonds. The molecular weight excluding hydrogens is 360 g/mol. The molecule has 6 heteroatoms. The average molecular weight is 387 g/mol. The SMILES string of the molecule is CC(C)Cc1ncc2c(n1)CN(C(=O)CC(CN)c1ccc(Cl)cc1)CC2. The predicted molar refractivity (Wildman–Crippen MR) is 108 cm³/mol. The van der Waals surface area contributed by atoms with Gasteiger partial charge in [0.2, 0.25) is 5.91 Å². The third-order valence-corrected chi connectivity index (χ3v) is 5.24. The number of rotatable bonds is 6. The van der Waals surface area contributed by atoms with E-state index >= 15 is 0 Å². The molecule has 0 bridgehead atoms. The Balaban J connectivity index is 1.68. The number of carbonyl (C=O) groups excluding carboxylic acids is 1. The van der Waals surface area contributed by atoms with Crippen LogP contribution in [0.2, 0.25) is 5.02 Å². The van der Waals surface area contributed by atoms with E-state index < -0.39 is 0 Å². The molecule has 0 saturated carbocycles. The fourth-order valence-electron chi connectivity index (χ4n) is 3.43. The van der Waals surface area contributed by atoms with Crippen molar-refractivity contribution in [3.8, 4) is 0 Å². The van der Waals surface area contributed by atoms with Gasteiger partial charge in [0.05, 0.1) is 12.2 Å². The van der Waals surface area contributed by atoms with Crippen molar-refractivity contribution < 1.29 is 4.79 Å². The average Bonchev–Trinajstić information content (AvgIpc) is 2.65. The highest BCUT2D eigenvalue weighted by atomic mass is 35.5. The van der Waals surface area contributed by atoms with E-state index in [4.69, 9.17) is 22.3 Å². The summed E-state index contributed by atoms with van der Waals surface area (Å²) in [5.41, 5.74) is 9.12. The van der Waals surface area contributed by atoms with Crippen LogP contribution in [0.25, 0.3) is 0 Å². The Morgan fingerprint density at radius 2 is 2.04 bits per heavy atom. The molecule has 0 aliphatic carbocycles. The molecule has 0 spiro atoms. The van der Waals surface area contributed by atoms with E-state index in [1.807, 2.05) is 35.4 Å². The summed E-state index contributed by atoms with van der Waals surface area (Å²) >= 11 is 5.96. The van der Waals surface area contributed by atoms with Crippen molar-refractivity contribution in [2.75, 3.05) is 13.1 Å². The molecule has 2 N–H and O–H groups in total. The topological polar surface area (TPSA) is 72.1 Å². The zero-order valence-electron chi connectivity index (χ0n) is 16.0. The number of carbonyl (C=O) groups is 1. The number of hydrogen-bond acceptors (Lipinski definition) is 4. The first-order valence-corrected chi connectivity index (χ1v) is 9.91. The molecule has 0 fully saturated rings. The first kappa shape index (κ1) is 19.8. The second-order valence-corrected chi connectivity index (χ2v) is 8.05. The van der Waals surface area contributed by atoms with E-state index in [1.54, 1.807) is 0 Å². The van der Waals surface area contributed by atoms with Crippen LogP contribution >= 0.6 is 11.6 Å². The lowest BCUT2D eigenvalue weighted by Crippen LogP contribution is -2.38. The van der Waals surface area contributed by atoms with Crippen molar-refractivity contribution in [3.05, 3.63) is 58.1 Å². The summed E-state index contributed by atoms with van der Waals surface area (Å²) in [6, 6.07) is 7.58. The Hall–Kier alpha value is -1.98. The molecular formula is C21H27ClN4O. The lowest BCUT2D eigenvalue weighted by Gasteiger charge is -2.29. The number of halogens is 1. The molecule has 0 saturated heterocycles. The molecule has 1 aliphatic heterocycles. The summed E-state index contributed by atoms with van der Waals surface area (Å²) in [6.07, 6.45) is 3.99. The molecule has 1 aliphatic rings. The number of nitrogens with two attached hydrogens (primary N) is 1. The lowest BCUT2D eigenvalue weighted by atomic mass is 9.94. The lowest BCUT2D eigenvalue weighted by molar-refractivity contribution is -0.132. The first-order valence-electron chi connectivity index (χ1n) is 9.53. The van der Waals surface area contributed by atoms with Gasteiger partial charge in [-0.3, -0.25) is 4.79 Å². The van der Waals surface area contributed by atoms with Crippen LogP contribution < -0.4 is 5.73 Å². The van der Waals surface area contributed by atoms with Crippen LogP contribution in [0.5, 0.6) is 0 Å². The van der Waals surface area contributed by atoms with Gasteiger partial charge in [0.25, 0.3) is 0 Å². The monoisotopic (exact) mass is 386 g/mol. The molecule has 27 heavy (non-hydrogen) atoms. The number of nitrogens with zero attached hydrogens (tertiary/aromatic N) is 3. The van der Waals surface area contributed by atoms with Gasteiger partial charge < -0.3 is 10.6 Å². The highest BCUT2D eigenvalue weighted by Gasteiger charge is 2.25. The summed E-state index contributed by atoms with van der Waals surface area (Å²) in [5.74, 6) is 1.49. The maximum atomic E-state index is 12.9. The number of aromatic nitrogens is 2. The highest BCUT2D eigenvalue weighted by Crippen LogP contribution is 2.24. The van der Waals surface area contributed by atoms with Gasteiger partial charge >= 0.3 is 0 Å². The number of fused-ring (bicyclic) bond motifs is 1. The van der Waals surface area contributed by atoms with E-state index in [-0.39, 0.29) is 11.8 Å². The molecule has 2 aromatic rings. The molecule has 0 radical (unpaired) electrons. The third-order valence-electron chi connectivity index (χ3n) is 4.99. The molecule has 1 unspecified atom stereocenters. The van der Waals surface area contributed by atoms with E-state index in [2.05, 4.69) is 18.8 Å². The molecule has 2 heterocycles. The maximum Gasteiger partial charge on any atom is 0.223 e. The van der Waals surface area contributed by atoms with Gasteiger partial charge in [0.1, 0.15) is 5.82 Å². The van der Waals surface area contributed by atoms with Crippen molar-refractivity contribution >= 4 is 17.5 Å². The Kier molecular flexibility index (Phi) is 6.45. The molecule has 1 aromatic heterocycles. The van der Waals surface area contributed by atoms with Crippen molar-refractivity contribution in [3.63, 3.8) is 0 Å². The zero-order valence-corrected chi connectivity index (χ0v) is 16.7. The minimum absolute atomic E-state index is 0.00179. The fourth-order valence-corrected chi connectivity index (χ4v) is 3.56. The van der Waals surface area contributed by atoms with Crippen molar-refractivity contribution in [1.82, 2.24) is 14.9 Å². The van der Waals surface area contributed by atoms with Gasteiger partial charge in [-0.15, -0.1) is 0 Å². The number of benzene rings is 1. The van der Waals surface area contributed by atoms with Gasteiger partial charge in [0, 0.05) is 36.5 Å². The van der Waals surface area contributed by atoms with Gasteiger partial charge in [-0.05, 0) is 42.1 Å². The zero-order chi connectivity index (χ0) is 19.4. The molecule has 5 nitrogen and oxygen atoms in total. The minimum atomic E-state index is -0.00179. The van der Waals surface area contributed by atoms with Crippen molar-refractivity contribution in [2.24, 2.45) is 11.7 Å². The molecule has 1 atom stereocenters. The third kappa shape index (κ3) is 5.05. The smallest absolute Gasteiger partial charge is 0.223 e. The van der Waals surface area contributed by atoms with E-state index in [0.717, 1.165) is 35.5 Å². The first-order chi connectivity index (χ1) is 13.0. The quantitative estimate of drug-likeness (QED) is 0.826. The van der Waals surface area contributed by atoms with Gasteiger partial charge in [-0.25, -0.2) is 9.97 Å². The van der Waals surface area contributed by atoms with Crippen LogP contribution in [0.1, 0.15) is 48.8 Å². The van der Waals surface area contributed by atoms with Crippen LogP contribution in [0, 0.1) is 5.92 Å². The van der Waals surface area contributed by atoms with Crippen molar-refractivity contribution in [2.45, 2.75) is 45.6 Å². The summed E-state index contributed by atoms with van der Waals surface area (Å²) in [5, 5.41) is 0.686.